The van der Waals surface area contributed by atoms with Crippen molar-refractivity contribution in [2.24, 2.45) is 35.5 Å². The van der Waals surface area contributed by atoms with E-state index in [0.29, 0.717) is 19.3 Å². The van der Waals surface area contributed by atoms with Gasteiger partial charge >= 0.3 is 5.97 Å². The Morgan fingerprint density at radius 1 is 1.02 bits per heavy atom. The van der Waals surface area contributed by atoms with E-state index in [1.165, 1.54) is 7.11 Å². The van der Waals surface area contributed by atoms with Crippen molar-refractivity contribution < 1.29 is 53.6 Å². The van der Waals surface area contributed by atoms with Gasteiger partial charge in [0.05, 0.1) is 66.5 Å². The van der Waals surface area contributed by atoms with E-state index in [4.69, 9.17) is 28.4 Å². The zero-order chi connectivity index (χ0) is 34.7. The van der Waals surface area contributed by atoms with Crippen molar-refractivity contribution in [2.45, 2.75) is 172 Å². The average Bonchev–Trinajstić information content (AvgIpc) is 3.73. The first kappa shape index (κ1) is 37.4. The molecule has 0 aliphatic carbocycles. The Hall–Kier alpha value is -0.890. The molecule has 5 heterocycles. The number of methoxy groups -OCH3 is 1. The lowest BCUT2D eigenvalue weighted by Crippen LogP contribution is -2.57. The Balaban J connectivity index is 1.29. The zero-order valence-corrected chi connectivity index (χ0v) is 30.0. The highest BCUT2D eigenvalue weighted by Gasteiger charge is 2.62. The quantitative estimate of drug-likeness (QED) is 0.264. The van der Waals surface area contributed by atoms with Gasteiger partial charge in [-0.25, -0.2) is 0 Å². The number of carboxylic acids is 1. The number of carboxylic acid groups (broad SMARTS) is 1. The maximum Gasteiger partial charge on any atom is 0.308 e. The Bertz CT molecular complexity index is 1110. The topological polar surface area (TPSA) is 153 Å². The first-order valence-corrected chi connectivity index (χ1v) is 18.1. The molecule has 0 aromatic heterocycles. The van der Waals surface area contributed by atoms with Crippen LogP contribution in [0.15, 0.2) is 0 Å². The Kier molecular flexibility index (Phi) is 10.9. The van der Waals surface area contributed by atoms with Gasteiger partial charge in [-0.15, -0.1) is 0 Å². The standard InChI is InChI=1S/C36H62O11/c1-10-34(31-20(3)16-26(43-31)28-19(2)15-21(4)36(41,18-37)46-28)12-11-27(44-34)33(8)13-14-35(47-33)17-25(38)22(5)30(45-35)23(6)29(42-9)24(7)32(39)40/h19-31,37-38,41H,10-18H2,1-9H3,(H,39,40)/t19-,20-,21+,22+,23-,24-,25-,26?,27+,28?,29+,30?,31+,33-,34-,35-,36-/m0/s1. The molecule has 3 unspecified atom stereocenters. The zero-order valence-electron chi connectivity index (χ0n) is 30.0. The van der Waals surface area contributed by atoms with Crippen LogP contribution in [0.2, 0.25) is 0 Å². The molecule has 0 aromatic rings. The molecular weight excluding hydrogens is 608 g/mol. The lowest BCUT2D eigenvalue weighted by molar-refractivity contribution is -0.336. The summed E-state index contributed by atoms with van der Waals surface area (Å²) in [5.74, 6) is -4.52. The SMILES string of the molecule is CC[C@@]1([C@@H]2OC(C3O[C@@](O)(CO)[C@H](C)C[C@@H]3C)C[C@@H]2C)CC[C@H]([C@]2(C)CC[C@@]3(C[C@H](O)[C@@H](C)C([C@@H](C)[C@@H](OC)[C@H](C)C(=O)O)O3)O2)O1. The summed E-state index contributed by atoms with van der Waals surface area (Å²) in [6.45, 7) is 15.6. The highest BCUT2D eigenvalue weighted by Crippen LogP contribution is 2.55. The van der Waals surface area contributed by atoms with Crippen LogP contribution in [0.3, 0.4) is 0 Å². The first-order valence-electron chi connectivity index (χ1n) is 18.1. The van der Waals surface area contributed by atoms with Gasteiger partial charge < -0.3 is 48.8 Å². The molecule has 1 spiro atoms. The van der Waals surface area contributed by atoms with Crippen molar-refractivity contribution in [2.75, 3.05) is 13.7 Å². The Morgan fingerprint density at radius 3 is 2.34 bits per heavy atom. The van der Waals surface area contributed by atoms with Crippen LogP contribution in [-0.2, 0) is 33.2 Å². The van der Waals surface area contributed by atoms with Crippen LogP contribution in [0.5, 0.6) is 0 Å². The van der Waals surface area contributed by atoms with Crippen LogP contribution in [0.25, 0.3) is 0 Å². The molecule has 4 N–H and O–H groups in total. The molecule has 0 bridgehead atoms. The molecule has 5 saturated heterocycles. The normalized spacial score (nSPS) is 50.9. The van der Waals surface area contributed by atoms with Crippen molar-refractivity contribution >= 4 is 5.97 Å². The monoisotopic (exact) mass is 670 g/mol. The van der Waals surface area contributed by atoms with Gasteiger partial charge in [0, 0.05) is 37.7 Å². The molecule has 5 rings (SSSR count). The lowest BCUT2D eigenvalue weighted by Gasteiger charge is -2.49. The molecule has 272 valence electrons. The minimum absolute atomic E-state index is 0.153. The minimum atomic E-state index is -1.56. The van der Waals surface area contributed by atoms with Crippen molar-refractivity contribution in [3.8, 4) is 0 Å². The van der Waals surface area contributed by atoms with Crippen LogP contribution < -0.4 is 0 Å². The number of aliphatic hydroxyl groups is 3. The second kappa shape index (κ2) is 13.7. The van der Waals surface area contributed by atoms with Gasteiger partial charge in [-0.1, -0.05) is 41.5 Å². The Morgan fingerprint density at radius 2 is 1.72 bits per heavy atom. The van der Waals surface area contributed by atoms with Crippen molar-refractivity contribution in [1.82, 2.24) is 0 Å². The largest absolute Gasteiger partial charge is 0.481 e. The summed E-state index contributed by atoms with van der Waals surface area (Å²) in [6.07, 6.45) is 2.99. The van der Waals surface area contributed by atoms with Crippen LogP contribution in [0, 0.1) is 35.5 Å². The number of aliphatic carboxylic acids is 1. The van der Waals surface area contributed by atoms with Gasteiger partial charge in [-0.05, 0) is 64.2 Å². The predicted molar refractivity (Wildman–Crippen MR) is 172 cm³/mol. The first-order chi connectivity index (χ1) is 22.0. The Labute approximate surface area is 281 Å². The molecular formula is C36H62O11. The van der Waals surface area contributed by atoms with Gasteiger partial charge in [0.1, 0.15) is 0 Å². The van der Waals surface area contributed by atoms with E-state index in [2.05, 4.69) is 27.7 Å². The third-order valence-corrected chi connectivity index (χ3v) is 13.0. The number of aliphatic hydroxyl groups excluding tert-OH is 2. The summed E-state index contributed by atoms with van der Waals surface area (Å²) in [5.41, 5.74) is -1.15. The number of hydrogen-bond donors (Lipinski definition) is 4. The summed E-state index contributed by atoms with van der Waals surface area (Å²) in [5, 5.41) is 41.8. The van der Waals surface area contributed by atoms with Crippen LogP contribution in [0.1, 0.15) is 107 Å². The predicted octanol–water partition coefficient (Wildman–Crippen LogP) is 4.27. The number of carbonyl (C=O) groups is 1. The minimum Gasteiger partial charge on any atom is -0.481 e. The third kappa shape index (κ3) is 6.67. The highest BCUT2D eigenvalue weighted by molar-refractivity contribution is 5.70. The summed E-state index contributed by atoms with van der Waals surface area (Å²) >= 11 is 0. The fraction of sp³-hybridized carbons (Fsp3) is 0.972. The molecule has 5 aliphatic heterocycles. The van der Waals surface area contributed by atoms with E-state index in [1.54, 1.807) is 6.92 Å². The lowest BCUT2D eigenvalue weighted by atomic mass is 9.78. The van der Waals surface area contributed by atoms with E-state index in [-0.39, 0.29) is 54.0 Å². The fourth-order valence-electron chi connectivity index (χ4n) is 9.91. The summed E-state index contributed by atoms with van der Waals surface area (Å²) < 4.78 is 39.4. The molecule has 5 fully saturated rings. The van der Waals surface area contributed by atoms with Gasteiger partial charge in [0.2, 0.25) is 0 Å². The van der Waals surface area contributed by atoms with E-state index in [1.807, 2.05) is 20.8 Å². The van der Waals surface area contributed by atoms with Gasteiger partial charge in [-0.2, -0.15) is 0 Å². The smallest absolute Gasteiger partial charge is 0.308 e. The number of ether oxygens (including phenoxy) is 6. The van der Waals surface area contributed by atoms with Gasteiger partial charge in [0.25, 0.3) is 0 Å². The van der Waals surface area contributed by atoms with E-state index in [0.717, 1.165) is 32.1 Å². The van der Waals surface area contributed by atoms with Crippen LogP contribution in [-0.4, -0.2) is 106 Å². The van der Waals surface area contributed by atoms with E-state index < -0.39 is 59.6 Å². The maximum atomic E-state index is 11.8. The van der Waals surface area contributed by atoms with Gasteiger partial charge in [-0.3, -0.25) is 4.79 Å². The highest BCUT2D eigenvalue weighted by atomic mass is 16.7. The van der Waals surface area contributed by atoms with Crippen molar-refractivity contribution in [3.05, 3.63) is 0 Å². The molecule has 0 amide bonds. The fourth-order valence-corrected chi connectivity index (χ4v) is 9.91. The summed E-state index contributed by atoms with van der Waals surface area (Å²) in [6, 6.07) is 0. The third-order valence-electron chi connectivity index (χ3n) is 13.0. The maximum absolute atomic E-state index is 11.8. The molecule has 47 heavy (non-hydrogen) atoms. The average molecular weight is 671 g/mol. The van der Waals surface area contributed by atoms with E-state index >= 15 is 0 Å². The van der Waals surface area contributed by atoms with Gasteiger partial charge in [0.15, 0.2) is 11.6 Å². The molecule has 0 radical (unpaired) electrons. The second-order valence-corrected chi connectivity index (χ2v) is 16.3. The molecule has 11 nitrogen and oxygen atoms in total. The number of rotatable bonds is 10. The number of hydrogen-bond acceptors (Lipinski definition) is 10. The van der Waals surface area contributed by atoms with E-state index in [9.17, 15) is 25.2 Å². The molecule has 17 atom stereocenters. The van der Waals surface area contributed by atoms with Crippen molar-refractivity contribution in [1.29, 1.82) is 0 Å². The van der Waals surface area contributed by atoms with Crippen molar-refractivity contribution in [3.63, 3.8) is 0 Å². The second-order valence-electron chi connectivity index (χ2n) is 16.3. The summed E-state index contributed by atoms with van der Waals surface area (Å²) in [7, 11) is 1.52. The van der Waals surface area contributed by atoms with Crippen LogP contribution in [0.4, 0.5) is 0 Å². The summed E-state index contributed by atoms with van der Waals surface area (Å²) in [4.78, 5) is 11.8. The molecule has 0 saturated carbocycles. The molecule has 5 aliphatic rings. The molecule has 0 aromatic carbocycles. The van der Waals surface area contributed by atoms with Crippen LogP contribution >= 0.6 is 0 Å². The molecule has 11 heteroatoms.